The van der Waals surface area contributed by atoms with Gasteiger partial charge >= 0.3 is 0 Å². The van der Waals surface area contributed by atoms with E-state index in [1.54, 1.807) is 0 Å². The van der Waals surface area contributed by atoms with Crippen LogP contribution in [0.1, 0.15) is 15.9 Å². The van der Waals surface area contributed by atoms with Gasteiger partial charge in [0.05, 0.1) is 5.56 Å². The van der Waals surface area contributed by atoms with Crippen molar-refractivity contribution in [1.29, 1.82) is 0 Å². The maximum absolute atomic E-state index is 12.1. The minimum atomic E-state index is -0.245. The van der Waals surface area contributed by atoms with Crippen molar-refractivity contribution in [3.8, 4) is 0 Å². The van der Waals surface area contributed by atoms with E-state index < -0.39 is 0 Å². The molecule has 1 heterocycles. The van der Waals surface area contributed by atoms with E-state index in [-0.39, 0.29) is 5.91 Å². The summed E-state index contributed by atoms with van der Waals surface area (Å²) in [5, 5.41) is 5.90. The third kappa shape index (κ3) is 3.97. The molecule has 0 saturated heterocycles. The average molecular weight is 383 g/mol. The molecule has 3 aromatic rings. The number of hydrogen-bond acceptors (Lipinski definition) is 4. The first-order chi connectivity index (χ1) is 11.6. The molecular formula is C18H15BrN4O. The lowest BCUT2D eigenvalue weighted by atomic mass is 10.2. The molecule has 2 aromatic carbocycles. The van der Waals surface area contributed by atoms with Gasteiger partial charge < -0.3 is 10.6 Å². The molecule has 0 spiro atoms. The van der Waals surface area contributed by atoms with Gasteiger partial charge in [0.1, 0.15) is 0 Å². The molecule has 3 rings (SSSR count). The molecule has 5 nitrogen and oxygen atoms in total. The van der Waals surface area contributed by atoms with Crippen molar-refractivity contribution < 1.29 is 4.79 Å². The van der Waals surface area contributed by atoms with Crippen LogP contribution in [-0.2, 0) is 0 Å². The number of para-hydroxylation sites is 1. The van der Waals surface area contributed by atoms with Crippen molar-refractivity contribution in [1.82, 2.24) is 9.97 Å². The molecule has 2 N–H and O–H groups in total. The van der Waals surface area contributed by atoms with Crippen LogP contribution >= 0.6 is 15.9 Å². The van der Waals surface area contributed by atoms with Crippen LogP contribution in [0.3, 0.4) is 0 Å². The minimum absolute atomic E-state index is 0.245. The van der Waals surface area contributed by atoms with Crippen LogP contribution in [0.4, 0.5) is 17.3 Å². The molecule has 0 aliphatic carbocycles. The van der Waals surface area contributed by atoms with Gasteiger partial charge in [-0.2, -0.15) is 0 Å². The molecule has 0 atom stereocenters. The zero-order valence-electron chi connectivity index (χ0n) is 13.0. The van der Waals surface area contributed by atoms with Crippen molar-refractivity contribution in [3.63, 3.8) is 0 Å². The van der Waals surface area contributed by atoms with Gasteiger partial charge in [0.25, 0.3) is 5.91 Å². The maximum Gasteiger partial charge on any atom is 0.258 e. The maximum atomic E-state index is 12.1. The Balaban J connectivity index is 1.68. The van der Waals surface area contributed by atoms with E-state index >= 15 is 0 Å². The summed E-state index contributed by atoms with van der Waals surface area (Å²) in [7, 11) is 0. The summed E-state index contributed by atoms with van der Waals surface area (Å²) in [5.74, 6) is 0.188. The number of amides is 1. The van der Waals surface area contributed by atoms with Crippen LogP contribution in [0.5, 0.6) is 0 Å². The first kappa shape index (κ1) is 16.1. The molecule has 1 amide bonds. The Bertz CT molecular complexity index is 851. The smallest absolute Gasteiger partial charge is 0.258 e. The van der Waals surface area contributed by atoms with Crippen molar-refractivity contribution in [2.75, 3.05) is 10.6 Å². The highest BCUT2D eigenvalue weighted by Crippen LogP contribution is 2.22. The quantitative estimate of drug-likeness (QED) is 0.694. The Morgan fingerprint density at radius 2 is 1.71 bits per heavy atom. The highest BCUT2D eigenvalue weighted by atomic mass is 79.9. The number of rotatable bonds is 4. The number of anilines is 3. The molecule has 0 radical (unpaired) electrons. The van der Waals surface area contributed by atoms with Gasteiger partial charge in [-0.25, -0.2) is 9.97 Å². The summed E-state index contributed by atoms with van der Waals surface area (Å²) in [6.45, 7) is 2.02. The van der Waals surface area contributed by atoms with E-state index in [0.29, 0.717) is 11.5 Å². The van der Waals surface area contributed by atoms with Gasteiger partial charge in [0, 0.05) is 28.2 Å². The van der Waals surface area contributed by atoms with Crippen LogP contribution in [0.25, 0.3) is 0 Å². The van der Waals surface area contributed by atoms with Gasteiger partial charge in [0.2, 0.25) is 5.95 Å². The molecule has 0 unspecified atom stereocenters. The Labute approximate surface area is 148 Å². The Hall–Kier alpha value is -2.73. The van der Waals surface area contributed by atoms with Crippen molar-refractivity contribution in [2.45, 2.75) is 6.92 Å². The lowest BCUT2D eigenvalue weighted by Crippen LogP contribution is -2.13. The number of carbonyl (C=O) groups excluding carboxylic acids is 1. The summed E-state index contributed by atoms with van der Waals surface area (Å²) >= 11 is 3.49. The molecular weight excluding hydrogens is 368 g/mol. The van der Waals surface area contributed by atoms with E-state index in [1.165, 1.54) is 12.4 Å². The van der Waals surface area contributed by atoms with Crippen LogP contribution in [0.15, 0.2) is 65.4 Å². The predicted octanol–water partition coefficient (Wildman–Crippen LogP) is 4.54. The Morgan fingerprint density at radius 3 is 2.38 bits per heavy atom. The Morgan fingerprint density at radius 1 is 1.00 bits per heavy atom. The molecule has 0 aliphatic heterocycles. The number of carbonyl (C=O) groups is 1. The van der Waals surface area contributed by atoms with E-state index in [1.807, 2.05) is 55.5 Å². The second-order valence-corrected chi connectivity index (χ2v) is 6.06. The fourth-order valence-electron chi connectivity index (χ4n) is 2.03. The molecule has 0 aliphatic rings. The van der Waals surface area contributed by atoms with Crippen LogP contribution in [-0.4, -0.2) is 15.9 Å². The normalized spacial score (nSPS) is 10.2. The number of halogens is 1. The second-order valence-electron chi connectivity index (χ2n) is 5.20. The number of aromatic nitrogens is 2. The molecule has 0 fully saturated rings. The van der Waals surface area contributed by atoms with E-state index in [9.17, 15) is 4.79 Å². The monoisotopic (exact) mass is 382 g/mol. The largest absolute Gasteiger partial charge is 0.324 e. The lowest BCUT2D eigenvalue weighted by Gasteiger charge is -2.08. The van der Waals surface area contributed by atoms with Gasteiger partial charge in [0.15, 0.2) is 0 Å². The number of aryl methyl sites for hydroxylation is 1. The molecule has 24 heavy (non-hydrogen) atoms. The average Bonchev–Trinajstić information content (AvgIpc) is 2.60. The van der Waals surface area contributed by atoms with E-state index in [0.717, 1.165) is 21.4 Å². The third-order valence-electron chi connectivity index (χ3n) is 3.37. The van der Waals surface area contributed by atoms with Crippen LogP contribution in [0.2, 0.25) is 0 Å². The predicted molar refractivity (Wildman–Crippen MR) is 98.6 cm³/mol. The molecule has 0 saturated carbocycles. The lowest BCUT2D eigenvalue weighted by molar-refractivity contribution is 0.102. The van der Waals surface area contributed by atoms with Gasteiger partial charge in [-0.1, -0.05) is 40.2 Å². The summed E-state index contributed by atoms with van der Waals surface area (Å²) in [4.78, 5) is 20.5. The standard InChI is InChI=1S/C18H15BrN4O/c1-12-7-8-15(9-16(12)19)23-18-20-10-13(11-21-18)17(24)22-14-5-3-2-4-6-14/h2-11H,1H3,(H,22,24)(H,20,21,23). The van der Waals surface area contributed by atoms with Crippen LogP contribution < -0.4 is 10.6 Å². The zero-order valence-corrected chi connectivity index (χ0v) is 14.5. The van der Waals surface area contributed by atoms with Crippen molar-refractivity contribution in [3.05, 3.63) is 76.5 Å². The summed E-state index contributed by atoms with van der Waals surface area (Å²) < 4.78 is 1.01. The number of hydrogen-bond donors (Lipinski definition) is 2. The van der Waals surface area contributed by atoms with E-state index in [2.05, 4.69) is 36.5 Å². The summed E-state index contributed by atoms with van der Waals surface area (Å²) in [5.41, 5.74) is 3.15. The van der Waals surface area contributed by atoms with Gasteiger partial charge in [-0.15, -0.1) is 0 Å². The molecule has 120 valence electrons. The number of nitrogens with one attached hydrogen (secondary N) is 2. The topological polar surface area (TPSA) is 66.9 Å². The number of nitrogens with zero attached hydrogens (tertiary/aromatic N) is 2. The SMILES string of the molecule is Cc1ccc(Nc2ncc(C(=O)Nc3ccccc3)cn2)cc1Br. The second kappa shape index (κ2) is 7.23. The first-order valence-corrected chi connectivity index (χ1v) is 8.13. The van der Waals surface area contributed by atoms with Gasteiger partial charge in [-0.05, 0) is 36.8 Å². The van der Waals surface area contributed by atoms with Crippen LogP contribution in [0, 0.1) is 6.92 Å². The highest BCUT2D eigenvalue weighted by molar-refractivity contribution is 9.10. The summed E-state index contributed by atoms with van der Waals surface area (Å²) in [6, 6.07) is 15.1. The molecule has 1 aromatic heterocycles. The number of benzene rings is 2. The first-order valence-electron chi connectivity index (χ1n) is 7.33. The fraction of sp³-hybridized carbons (Fsp3) is 0.0556. The van der Waals surface area contributed by atoms with Gasteiger partial charge in [-0.3, -0.25) is 4.79 Å². The third-order valence-corrected chi connectivity index (χ3v) is 4.23. The van der Waals surface area contributed by atoms with E-state index in [4.69, 9.17) is 0 Å². The van der Waals surface area contributed by atoms with Crippen molar-refractivity contribution >= 4 is 39.2 Å². The molecule has 0 bridgehead atoms. The molecule has 6 heteroatoms. The van der Waals surface area contributed by atoms with Crippen molar-refractivity contribution in [2.24, 2.45) is 0 Å². The highest BCUT2D eigenvalue weighted by Gasteiger charge is 2.08. The zero-order chi connectivity index (χ0) is 16.9. The fourth-order valence-corrected chi connectivity index (χ4v) is 2.41. The summed E-state index contributed by atoms with van der Waals surface area (Å²) in [6.07, 6.45) is 2.99. The Kier molecular flexibility index (Phi) is 4.86. The minimum Gasteiger partial charge on any atom is -0.324 e.